The maximum atomic E-state index is 12.8. The van der Waals surface area contributed by atoms with Gasteiger partial charge in [0.05, 0.1) is 24.9 Å². The molecule has 0 amide bonds. The molecule has 1 heterocycles. The van der Waals surface area contributed by atoms with Crippen molar-refractivity contribution in [1.82, 2.24) is 0 Å². The van der Waals surface area contributed by atoms with Gasteiger partial charge in [-0.2, -0.15) is 13.2 Å². The van der Waals surface area contributed by atoms with E-state index in [-0.39, 0.29) is 11.7 Å². The minimum absolute atomic E-state index is 0.0370. The summed E-state index contributed by atoms with van der Waals surface area (Å²) in [6, 6.07) is 3.19. The molecule has 4 nitrogen and oxygen atoms in total. The van der Waals surface area contributed by atoms with Crippen molar-refractivity contribution in [2.75, 3.05) is 13.2 Å². The zero-order chi connectivity index (χ0) is 16.3. The molecule has 0 saturated carbocycles. The number of epoxide rings is 1. The maximum absolute atomic E-state index is 12.8. The summed E-state index contributed by atoms with van der Waals surface area (Å²) in [5, 5.41) is 8.66. The minimum Gasteiger partial charge on any atom is -0.478 e. The molecule has 22 heavy (non-hydrogen) atoms. The van der Waals surface area contributed by atoms with E-state index in [2.05, 4.69) is 0 Å². The highest BCUT2D eigenvalue weighted by Gasteiger charge is 2.31. The third-order valence-corrected chi connectivity index (χ3v) is 3.19. The Morgan fingerprint density at radius 3 is 2.77 bits per heavy atom. The van der Waals surface area contributed by atoms with Gasteiger partial charge in [0.2, 0.25) is 0 Å². The Kier molecular flexibility index (Phi) is 4.87. The minimum atomic E-state index is -4.49. The summed E-state index contributed by atoms with van der Waals surface area (Å²) in [7, 11) is 0. The lowest BCUT2D eigenvalue weighted by Gasteiger charge is -2.17. The quantitative estimate of drug-likeness (QED) is 0.646. The summed E-state index contributed by atoms with van der Waals surface area (Å²) in [6.07, 6.45) is -2.98. The molecule has 1 fully saturated rings. The van der Waals surface area contributed by atoms with Crippen LogP contribution in [0.4, 0.5) is 13.2 Å². The lowest BCUT2D eigenvalue weighted by atomic mass is 9.99. The molecule has 1 N–H and O–H groups in total. The van der Waals surface area contributed by atoms with Gasteiger partial charge in [0.25, 0.3) is 0 Å². The topological polar surface area (TPSA) is 59.1 Å². The fourth-order valence-corrected chi connectivity index (χ4v) is 1.93. The van der Waals surface area contributed by atoms with Crippen LogP contribution in [0, 0.1) is 0 Å². The van der Waals surface area contributed by atoms with Crippen LogP contribution >= 0.6 is 0 Å². The van der Waals surface area contributed by atoms with Crippen molar-refractivity contribution in [3.63, 3.8) is 0 Å². The molecule has 1 aromatic rings. The molecule has 2 atom stereocenters. The average Bonchev–Trinajstić information content (AvgIpc) is 3.25. The maximum Gasteiger partial charge on any atom is 0.416 e. The monoisotopic (exact) mass is 316 g/mol. The highest BCUT2D eigenvalue weighted by molar-refractivity contribution is 5.85. The van der Waals surface area contributed by atoms with Gasteiger partial charge < -0.3 is 14.6 Å². The fourth-order valence-electron chi connectivity index (χ4n) is 1.93. The second-order valence-electron chi connectivity index (χ2n) is 4.94. The molecule has 0 aliphatic carbocycles. The molecular formula is C15H15F3O4. The SMILES string of the molecule is C[C@@H](OCC1CO1)c1ccc(C(F)(F)F)cc1C=CC(=O)O. The first kappa shape index (κ1) is 16.5. The van der Waals surface area contributed by atoms with Crippen molar-refractivity contribution in [3.05, 3.63) is 41.0 Å². The van der Waals surface area contributed by atoms with Crippen LogP contribution in [0.2, 0.25) is 0 Å². The van der Waals surface area contributed by atoms with Gasteiger partial charge in [0.1, 0.15) is 6.10 Å². The lowest BCUT2D eigenvalue weighted by Crippen LogP contribution is -2.10. The summed E-state index contributed by atoms with van der Waals surface area (Å²) >= 11 is 0. The van der Waals surface area contributed by atoms with E-state index in [1.54, 1.807) is 6.92 Å². The lowest BCUT2D eigenvalue weighted by molar-refractivity contribution is -0.137. The zero-order valence-electron chi connectivity index (χ0n) is 11.8. The van der Waals surface area contributed by atoms with Gasteiger partial charge in [0.15, 0.2) is 0 Å². The number of alkyl halides is 3. The van der Waals surface area contributed by atoms with E-state index in [0.717, 1.165) is 24.3 Å². The Morgan fingerprint density at radius 1 is 1.55 bits per heavy atom. The molecule has 0 radical (unpaired) electrons. The molecular weight excluding hydrogens is 301 g/mol. The summed E-state index contributed by atoms with van der Waals surface area (Å²) < 4.78 is 48.9. The second-order valence-corrected chi connectivity index (χ2v) is 4.94. The number of aliphatic carboxylic acids is 1. The number of benzene rings is 1. The fraction of sp³-hybridized carbons (Fsp3) is 0.400. The van der Waals surface area contributed by atoms with Crippen LogP contribution in [0.1, 0.15) is 29.7 Å². The Morgan fingerprint density at radius 2 is 2.23 bits per heavy atom. The van der Waals surface area contributed by atoms with E-state index in [0.29, 0.717) is 18.8 Å². The molecule has 120 valence electrons. The average molecular weight is 316 g/mol. The van der Waals surface area contributed by atoms with E-state index in [1.807, 2.05) is 0 Å². The van der Waals surface area contributed by atoms with Gasteiger partial charge in [-0.25, -0.2) is 4.79 Å². The first-order valence-corrected chi connectivity index (χ1v) is 6.62. The second kappa shape index (κ2) is 6.50. The molecule has 1 aliphatic rings. The number of hydrogen-bond acceptors (Lipinski definition) is 3. The third-order valence-electron chi connectivity index (χ3n) is 3.19. The van der Waals surface area contributed by atoms with E-state index >= 15 is 0 Å². The molecule has 0 spiro atoms. The van der Waals surface area contributed by atoms with E-state index in [4.69, 9.17) is 14.6 Å². The molecule has 0 aromatic heterocycles. The van der Waals surface area contributed by atoms with E-state index in [1.165, 1.54) is 6.07 Å². The Hall–Kier alpha value is -1.86. The number of rotatable bonds is 6. The molecule has 1 unspecified atom stereocenters. The van der Waals surface area contributed by atoms with Crippen LogP contribution in [0.5, 0.6) is 0 Å². The van der Waals surface area contributed by atoms with Crippen molar-refractivity contribution in [3.8, 4) is 0 Å². The normalized spacial score (nSPS) is 19.4. The first-order valence-electron chi connectivity index (χ1n) is 6.62. The molecule has 0 bridgehead atoms. The van der Waals surface area contributed by atoms with Gasteiger partial charge >= 0.3 is 12.1 Å². The summed E-state index contributed by atoms with van der Waals surface area (Å²) in [4.78, 5) is 10.6. The number of halogens is 3. The van der Waals surface area contributed by atoms with Crippen molar-refractivity contribution < 1.29 is 32.5 Å². The predicted molar refractivity (Wildman–Crippen MR) is 72.2 cm³/mol. The summed E-state index contributed by atoms with van der Waals surface area (Å²) in [5.41, 5.74) is -0.174. The van der Waals surface area contributed by atoms with Crippen LogP contribution in [0.15, 0.2) is 24.3 Å². The van der Waals surface area contributed by atoms with Gasteiger partial charge in [0, 0.05) is 6.08 Å². The number of hydrogen-bond donors (Lipinski definition) is 1. The third kappa shape index (κ3) is 4.57. The van der Waals surface area contributed by atoms with Gasteiger partial charge in [-0.1, -0.05) is 6.07 Å². The van der Waals surface area contributed by atoms with Crippen LogP contribution < -0.4 is 0 Å². The highest BCUT2D eigenvalue weighted by atomic mass is 19.4. The standard InChI is InChI=1S/C15H15F3O4/c1-9(21-7-12-8-22-12)13-4-3-11(15(16,17)18)6-10(13)2-5-14(19)20/h2-6,9,12H,7-8H2,1H3,(H,19,20)/t9-,12?/m1/s1. The molecule has 7 heteroatoms. The number of carbonyl (C=O) groups is 1. The summed E-state index contributed by atoms with van der Waals surface area (Å²) in [6.45, 7) is 2.67. The van der Waals surface area contributed by atoms with Crippen LogP contribution in [-0.2, 0) is 20.4 Å². The van der Waals surface area contributed by atoms with Gasteiger partial charge in [-0.05, 0) is 36.3 Å². The number of ether oxygens (including phenoxy) is 2. The molecule has 2 rings (SSSR count). The Bertz CT molecular complexity index is 577. The highest BCUT2D eigenvalue weighted by Crippen LogP contribution is 2.33. The van der Waals surface area contributed by atoms with Crippen molar-refractivity contribution >= 4 is 12.0 Å². The molecule has 1 aliphatic heterocycles. The van der Waals surface area contributed by atoms with E-state index in [9.17, 15) is 18.0 Å². The van der Waals surface area contributed by atoms with Crippen molar-refractivity contribution in [2.45, 2.75) is 25.3 Å². The van der Waals surface area contributed by atoms with Crippen molar-refractivity contribution in [1.29, 1.82) is 0 Å². The van der Waals surface area contributed by atoms with Crippen LogP contribution in [-0.4, -0.2) is 30.4 Å². The van der Waals surface area contributed by atoms with Gasteiger partial charge in [-0.15, -0.1) is 0 Å². The molecule has 1 aromatic carbocycles. The van der Waals surface area contributed by atoms with Crippen molar-refractivity contribution in [2.24, 2.45) is 0 Å². The number of carboxylic acids is 1. The Balaban J connectivity index is 2.27. The Labute approximate surface area is 125 Å². The zero-order valence-corrected chi connectivity index (χ0v) is 11.8. The first-order chi connectivity index (χ1) is 10.3. The number of carboxylic acid groups (broad SMARTS) is 1. The van der Waals surface area contributed by atoms with Crippen LogP contribution in [0.3, 0.4) is 0 Å². The smallest absolute Gasteiger partial charge is 0.416 e. The van der Waals surface area contributed by atoms with Gasteiger partial charge in [-0.3, -0.25) is 0 Å². The predicted octanol–water partition coefficient (Wildman–Crippen LogP) is 3.28. The van der Waals surface area contributed by atoms with E-state index < -0.39 is 23.8 Å². The molecule has 1 saturated heterocycles. The van der Waals surface area contributed by atoms with Crippen LogP contribution in [0.25, 0.3) is 6.08 Å². The largest absolute Gasteiger partial charge is 0.478 e. The summed E-state index contributed by atoms with van der Waals surface area (Å²) in [5.74, 6) is -1.23.